The van der Waals surface area contributed by atoms with Crippen LogP contribution in [0.15, 0.2) is 0 Å². The summed E-state index contributed by atoms with van der Waals surface area (Å²) in [5, 5.41) is 0. The maximum absolute atomic E-state index is 11.8. The van der Waals surface area contributed by atoms with Gasteiger partial charge in [0.1, 0.15) is 0 Å². The van der Waals surface area contributed by atoms with Crippen LogP contribution in [0.1, 0.15) is 131 Å². The first-order chi connectivity index (χ1) is 12.3. The Morgan fingerprint density at radius 1 is 0.769 bits per heavy atom. The molecule has 0 aliphatic heterocycles. The minimum Gasteiger partial charge on any atom is -0.466 e. The number of rotatable bonds is 17. The highest BCUT2D eigenvalue weighted by Gasteiger charge is 2.18. The predicted octanol–water partition coefficient (Wildman–Crippen LogP) is 8.08. The molecule has 0 aromatic carbocycles. The lowest BCUT2D eigenvalue weighted by molar-refractivity contribution is -0.144. The normalized spacial score (nSPS) is 13.0. The molecule has 2 heteroatoms. The van der Waals surface area contributed by atoms with Crippen molar-refractivity contribution in [3.05, 3.63) is 0 Å². The van der Waals surface area contributed by atoms with E-state index in [0.717, 1.165) is 12.8 Å². The van der Waals surface area contributed by atoms with Crippen molar-refractivity contribution in [2.75, 3.05) is 6.61 Å². The van der Waals surface area contributed by atoms with E-state index in [1.54, 1.807) is 0 Å². The lowest BCUT2D eigenvalue weighted by Crippen LogP contribution is -2.16. The highest BCUT2D eigenvalue weighted by atomic mass is 16.5. The summed E-state index contributed by atoms with van der Waals surface area (Å²) in [6, 6.07) is 0. The molecule has 0 amide bonds. The van der Waals surface area contributed by atoms with Crippen molar-refractivity contribution < 1.29 is 9.53 Å². The van der Waals surface area contributed by atoms with Gasteiger partial charge in [0.05, 0.1) is 6.61 Å². The van der Waals surface area contributed by atoms with Crippen LogP contribution >= 0.6 is 0 Å². The summed E-state index contributed by atoms with van der Waals surface area (Å²) < 4.78 is 5.39. The van der Waals surface area contributed by atoms with Gasteiger partial charge in [0.15, 0.2) is 0 Å². The minimum atomic E-state index is -0.0133. The molecule has 26 heavy (non-hydrogen) atoms. The predicted molar refractivity (Wildman–Crippen MR) is 115 cm³/mol. The largest absolute Gasteiger partial charge is 0.466 e. The fourth-order valence-corrected chi connectivity index (χ4v) is 3.77. The van der Waals surface area contributed by atoms with Gasteiger partial charge in [-0.05, 0) is 24.2 Å². The van der Waals surface area contributed by atoms with Gasteiger partial charge in [-0.3, -0.25) is 4.79 Å². The Morgan fingerprint density at radius 2 is 1.19 bits per heavy atom. The summed E-state index contributed by atoms with van der Waals surface area (Å²) in [5.41, 5.74) is 0.286. The minimum absolute atomic E-state index is 0.0133. The first-order valence-electron chi connectivity index (χ1n) is 11.5. The molecule has 1 atom stereocenters. The van der Waals surface area contributed by atoms with Crippen molar-refractivity contribution in [1.29, 1.82) is 0 Å². The van der Waals surface area contributed by atoms with Crippen LogP contribution in [0.2, 0.25) is 0 Å². The van der Waals surface area contributed by atoms with Gasteiger partial charge in [-0.2, -0.15) is 0 Å². The molecule has 1 unspecified atom stereocenters. The van der Waals surface area contributed by atoms with Crippen LogP contribution in [0.3, 0.4) is 0 Å². The number of hydrogen-bond donors (Lipinski definition) is 0. The Morgan fingerprint density at radius 3 is 1.62 bits per heavy atom. The zero-order chi connectivity index (χ0) is 19.7. The average Bonchev–Trinajstić information content (AvgIpc) is 2.53. The quantitative estimate of drug-likeness (QED) is 0.191. The van der Waals surface area contributed by atoms with E-state index in [4.69, 9.17) is 4.74 Å². The molecule has 0 aliphatic rings. The van der Waals surface area contributed by atoms with Gasteiger partial charge in [-0.15, -0.1) is 0 Å². The molecule has 2 nitrogen and oxygen atoms in total. The topological polar surface area (TPSA) is 26.3 Å². The molecule has 0 saturated carbocycles. The van der Waals surface area contributed by atoms with Gasteiger partial charge in [0.2, 0.25) is 0 Å². The molecule has 0 aromatic rings. The molecule has 0 bridgehead atoms. The third-order valence-electron chi connectivity index (χ3n) is 4.99. The number of carbonyl (C=O) groups is 1. The fourth-order valence-electron chi connectivity index (χ4n) is 3.77. The van der Waals surface area contributed by atoms with E-state index in [0.29, 0.717) is 18.9 Å². The van der Waals surface area contributed by atoms with Gasteiger partial charge in [0, 0.05) is 6.42 Å². The summed E-state index contributed by atoms with van der Waals surface area (Å²) in [5.74, 6) is 0.398. The van der Waals surface area contributed by atoms with Crippen LogP contribution in [0, 0.1) is 11.3 Å². The first kappa shape index (κ1) is 25.5. The Balaban J connectivity index is 3.29. The smallest absolute Gasteiger partial charge is 0.306 e. The maximum Gasteiger partial charge on any atom is 0.306 e. The second-order valence-corrected chi connectivity index (χ2v) is 9.54. The van der Waals surface area contributed by atoms with Gasteiger partial charge < -0.3 is 4.74 Å². The number of esters is 1. The molecular weight excluding hydrogens is 320 g/mol. The van der Waals surface area contributed by atoms with Gasteiger partial charge in [0.25, 0.3) is 0 Å². The van der Waals surface area contributed by atoms with Crippen LogP contribution in [0.4, 0.5) is 0 Å². The second kappa shape index (κ2) is 16.6. The summed E-state index contributed by atoms with van der Waals surface area (Å²) in [4.78, 5) is 11.8. The van der Waals surface area contributed by atoms with Crippen molar-refractivity contribution in [3.63, 3.8) is 0 Å². The molecular formula is C24H48O2. The average molecular weight is 369 g/mol. The van der Waals surface area contributed by atoms with Crippen LogP contribution < -0.4 is 0 Å². The Bertz CT molecular complexity index is 317. The Labute approximate surface area is 164 Å². The summed E-state index contributed by atoms with van der Waals surface area (Å²) in [6.07, 6.45) is 19.1. The van der Waals surface area contributed by atoms with Gasteiger partial charge in [-0.1, -0.05) is 112 Å². The monoisotopic (exact) mass is 368 g/mol. The van der Waals surface area contributed by atoms with Crippen LogP contribution in [0.5, 0.6) is 0 Å². The molecule has 0 fully saturated rings. The zero-order valence-corrected chi connectivity index (χ0v) is 18.7. The van der Waals surface area contributed by atoms with E-state index in [1.807, 2.05) is 0 Å². The standard InChI is InChI=1S/C24H48O2/c1-6-7-8-9-10-11-12-13-14-15-16-17-18-19-26-23(25)20-22(2)21-24(3,4)5/h22H,6-21H2,1-5H3. The molecule has 0 aliphatic carbocycles. The number of carbonyl (C=O) groups excluding carboxylic acids is 1. The molecule has 0 saturated heterocycles. The van der Waals surface area contributed by atoms with Crippen LogP contribution in [-0.2, 0) is 9.53 Å². The van der Waals surface area contributed by atoms with Gasteiger partial charge >= 0.3 is 5.97 Å². The summed E-state index contributed by atoms with van der Waals surface area (Å²) in [7, 11) is 0. The second-order valence-electron chi connectivity index (χ2n) is 9.54. The van der Waals surface area contributed by atoms with E-state index in [1.165, 1.54) is 77.0 Å². The van der Waals surface area contributed by atoms with E-state index in [-0.39, 0.29) is 11.4 Å². The third kappa shape index (κ3) is 19.8. The van der Waals surface area contributed by atoms with Crippen LogP contribution in [-0.4, -0.2) is 12.6 Å². The van der Waals surface area contributed by atoms with Crippen LogP contribution in [0.25, 0.3) is 0 Å². The zero-order valence-electron chi connectivity index (χ0n) is 18.7. The van der Waals surface area contributed by atoms with E-state index in [9.17, 15) is 4.79 Å². The molecule has 0 aromatic heterocycles. The molecule has 0 radical (unpaired) electrons. The number of hydrogen-bond acceptors (Lipinski definition) is 2. The van der Waals surface area contributed by atoms with E-state index in [2.05, 4.69) is 34.6 Å². The van der Waals surface area contributed by atoms with Crippen molar-refractivity contribution in [2.24, 2.45) is 11.3 Å². The third-order valence-corrected chi connectivity index (χ3v) is 4.99. The molecule has 0 N–H and O–H groups in total. The Hall–Kier alpha value is -0.530. The van der Waals surface area contributed by atoms with Crippen molar-refractivity contribution >= 4 is 5.97 Å². The Kier molecular flexibility index (Phi) is 16.3. The number of unbranched alkanes of at least 4 members (excludes halogenated alkanes) is 12. The first-order valence-corrected chi connectivity index (χ1v) is 11.5. The SMILES string of the molecule is CCCCCCCCCCCCCCCOC(=O)CC(C)CC(C)(C)C. The molecule has 156 valence electrons. The lowest BCUT2D eigenvalue weighted by Gasteiger charge is -2.22. The lowest BCUT2D eigenvalue weighted by atomic mass is 9.84. The summed E-state index contributed by atoms with van der Waals surface area (Å²) in [6.45, 7) is 11.7. The van der Waals surface area contributed by atoms with Crippen molar-refractivity contribution in [1.82, 2.24) is 0 Å². The highest BCUT2D eigenvalue weighted by molar-refractivity contribution is 5.69. The molecule has 0 rings (SSSR count). The highest BCUT2D eigenvalue weighted by Crippen LogP contribution is 2.26. The molecule has 0 spiro atoms. The fraction of sp³-hybridized carbons (Fsp3) is 0.958. The van der Waals surface area contributed by atoms with Gasteiger partial charge in [-0.25, -0.2) is 0 Å². The van der Waals surface area contributed by atoms with Crippen molar-refractivity contribution in [3.8, 4) is 0 Å². The summed E-state index contributed by atoms with van der Waals surface area (Å²) >= 11 is 0. The van der Waals surface area contributed by atoms with E-state index < -0.39 is 0 Å². The maximum atomic E-state index is 11.8. The molecule has 0 heterocycles. The number of ether oxygens (including phenoxy) is 1. The van der Waals surface area contributed by atoms with E-state index >= 15 is 0 Å². The van der Waals surface area contributed by atoms with Crippen molar-refractivity contribution in [2.45, 2.75) is 131 Å².